The van der Waals surface area contributed by atoms with Crippen LogP contribution in [0.4, 0.5) is 10.1 Å². The van der Waals surface area contributed by atoms with E-state index in [0.29, 0.717) is 0 Å². The molecule has 0 bridgehead atoms. The molecule has 0 atom stereocenters. The number of halogens is 1. The van der Waals surface area contributed by atoms with Crippen LogP contribution in [0.1, 0.15) is 15.9 Å². The fraction of sp³-hybridized carbons (Fsp3) is 0.111. The molecule has 0 aromatic heterocycles. The summed E-state index contributed by atoms with van der Waals surface area (Å²) in [4.78, 5) is 20.5. The Morgan fingerprint density at radius 3 is 2.69 bits per heavy atom. The van der Waals surface area contributed by atoms with E-state index < -0.39 is 33.5 Å². The van der Waals surface area contributed by atoms with Gasteiger partial charge in [-0.15, -0.1) is 0 Å². The molecule has 6 nitrogen and oxygen atoms in total. The Morgan fingerprint density at radius 1 is 1.62 bits per heavy atom. The zero-order chi connectivity index (χ0) is 12.3. The number of carbonyl (C=O) groups is 1. The standard InChI is InChI=1S/C9H5FN2O4/c1-16-9(13)6-3-2-5(4-11)8(7(6)10)12(14)15/h2-3H,1H3. The first-order valence-electron chi connectivity index (χ1n) is 3.98. The third kappa shape index (κ3) is 1.81. The van der Waals surface area contributed by atoms with Crippen LogP contribution in [0.3, 0.4) is 0 Å². The van der Waals surface area contributed by atoms with E-state index in [9.17, 15) is 19.3 Å². The molecule has 1 aromatic carbocycles. The minimum Gasteiger partial charge on any atom is -0.465 e. The van der Waals surface area contributed by atoms with Crippen LogP contribution in [0.2, 0.25) is 0 Å². The van der Waals surface area contributed by atoms with Gasteiger partial charge in [-0.3, -0.25) is 10.1 Å². The third-order valence-electron chi connectivity index (χ3n) is 1.82. The van der Waals surface area contributed by atoms with Crippen molar-refractivity contribution in [2.45, 2.75) is 0 Å². The van der Waals surface area contributed by atoms with E-state index in [1.807, 2.05) is 0 Å². The van der Waals surface area contributed by atoms with Gasteiger partial charge in [-0.2, -0.15) is 9.65 Å². The van der Waals surface area contributed by atoms with Gasteiger partial charge in [0.1, 0.15) is 17.2 Å². The van der Waals surface area contributed by atoms with E-state index in [0.717, 1.165) is 19.2 Å². The molecule has 16 heavy (non-hydrogen) atoms. The number of nitriles is 1. The molecule has 1 rings (SSSR count). The van der Waals surface area contributed by atoms with Gasteiger partial charge >= 0.3 is 11.7 Å². The first kappa shape index (κ1) is 11.6. The average molecular weight is 224 g/mol. The lowest BCUT2D eigenvalue weighted by atomic mass is 10.1. The average Bonchev–Trinajstić information content (AvgIpc) is 2.26. The Bertz CT molecular complexity index is 507. The zero-order valence-corrected chi connectivity index (χ0v) is 8.06. The van der Waals surface area contributed by atoms with Crippen molar-refractivity contribution in [3.8, 4) is 6.07 Å². The van der Waals surface area contributed by atoms with Crippen LogP contribution in [0.15, 0.2) is 12.1 Å². The molecule has 0 saturated heterocycles. The van der Waals surface area contributed by atoms with Crippen molar-refractivity contribution in [2.24, 2.45) is 0 Å². The Morgan fingerprint density at radius 2 is 2.25 bits per heavy atom. The number of hydrogen-bond donors (Lipinski definition) is 0. The number of nitrogens with zero attached hydrogens (tertiary/aromatic N) is 2. The molecule has 7 heteroatoms. The van der Waals surface area contributed by atoms with Crippen LogP contribution in [-0.2, 0) is 4.74 Å². The fourth-order valence-corrected chi connectivity index (χ4v) is 1.10. The predicted molar refractivity (Wildman–Crippen MR) is 49.1 cm³/mol. The second-order valence-corrected chi connectivity index (χ2v) is 2.68. The van der Waals surface area contributed by atoms with Crippen molar-refractivity contribution >= 4 is 11.7 Å². The number of hydrogen-bond acceptors (Lipinski definition) is 5. The molecule has 0 aliphatic rings. The van der Waals surface area contributed by atoms with Crippen molar-refractivity contribution in [3.05, 3.63) is 39.2 Å². The molecule has 0 aliphatic carbocycles. The summed E-state index contributed by atoms with van der Waals surface area (Å²) < 4.78 is 17.8. The maximum atomic E-state index is 13.5. The fourth-order valence-electron chi connectivity index (χ4n) is 1.10. The second kappa shape index (κ2) is 4.35. The van der Waals surface area contributed by atoms with Crippen LogP contribution < -0.4 is 0 Å². The van der Waals surface area contributed by atoms with Gasteiger partial charge in [0.05, 0.1) is 12.0 Å². The van der Waals surface area contributed by atoms with Crippen molar-refractivity contribution in [3.63, 3.8) is 0 Å². The van der Waals surface area contributed by atoms with E-state index >= 15 is 0 Å². The summed E-state index contributed by atoms with van der Waals surface area (Å²) in [5, 5.41) is 19.1. The summed E-state index contributed by atoms with van der Waals surface area (Å²) in [5.74, 6) is -2.40. The monoisotopic (exact) mass is 224 g/mol. The van der Waals surface area contributed by atoms with Crippen LogP contribution in [-0.4, -0.2) is 18.0 Å². The molecule has 0 aliphatic heterocycles. The van der Waals surface area contributed by atoms with E-state index in [1.165, 1.54) is 6.07 Å². The van der Waals surface area contributed by atoms with Gasteiger partial charge in [-0.05, 0) is 12.1 Å². The number of carbonyl (C=O) groups excluding carboxylic acids is 1. The molecule has 0 saturated carbocycles. The SMILES string of the molecule is COC(=O)c1ccc(C#N)c([N+](=O)[O-])c1F. The van der Waals surface area contributed by atoms with Crippen molar-refractivity contribution in [2.75, 3.05) is 7.11 Å². The normalized spacial score (nSPS) is 9.31. The first-order chi connectivity index (χ1) is 7.52. The van der Waals surface area contributed by atoms with Gasteiger partial charge < -0.3 is 4.74 Å². The topological polar surface area (TPSA) is 93.2 Å². The molecular weight excluding hydrogens is 219 g/mol. The summed E-state index contributed by atoms with van der Waals surface area (Å²) in [6, 6.07) is 3.43. The highest BCUT2D eigenvalue weighted by atomic mass is 19.1. The third-order valence-corrected chi connectivity index (χ3v) is 1.82. The second-order valence-electron chi connectivity index (χ2n) is 2.68. The molecule has 0 radical (unpaired) electrons. The molecule has 0 heterocycles. The maximum Gasteiger partial charge on any atom is 0.341 e. The van der Waals surface area contributed by atoms with Crippen LogP contribution in [0.25, 0.3) is 0 Å². The zero-order valence-electron chi connectivity index (χ0n) is 8.06. The van der Waals surface area contributed by atoms with Gasteiger partial charge in [0.2, 0.25) is 5.82 Å². The van der Waals surface area contributed by atoms with Crippen LogP contribution >= 0.6 is 0 Å². The lowest BCUT2D eigenvalue weighted by Crippen LogP contribution is -2.07. The van der Waals surface area contributed by atoms with E-state index in [4.69, 9.17) is 5.26 Å². The van der Waals surface area contributed by atoms with Crippen LogP contribution in [0.5, 0.6) is 0 Å². The molecule has 82 valence electrons. The van der Waals surface area contributed by atoms with Crippen molar-refractivity contribution < 1.29 is 18.8 Å². The Labute approximate surface area is 89.0 Å². The van der Waals surface area contributed by atoms with Gasteiger partial charge in [-0.1, -0.05) is 0 Å². The Balaban J connectivity index is 3.51. The molecule has 0 spiro atoms. The number of nitro groups is 1. The predicted octanol–water partition coefficient (Wildman–Crippen LogP) is 1.39. The minimum atomic E-state index is -1.36. The molecule has 0 unspecified atom stereocenters. The lowest BCUT2D eigenvalue weighted by molar-refractivity contribution is -0.387. The number of benzene rings is 1. The number of ether oxygens (including phenoxy) is 1. The van der Waals surface area contributed by atoms with E-state index in [2.05, 4.69) is 4.74 Å². The number of nitro benzene ring substituents is 1. The number of esters is 1. The quantitative estimate of drug-likeness (QED) is 0.430. The molecule has 0 amide bonds. The smallest absolute Gasteiger partial charge is 0.341 e. The van der Waals surface area contributed by atoms with E-state index in [-0.39, 0.29) is 0 Å². The van der Waals surface area contributed by atoms with Gasteiger partial charge in [0.25, 0.3) is 0 Å². The van der Waals surface area contributed by atoms with Gasteiger partial charge in [0, 0.05) is 0 Å². The highest BCUT2D eigenvalue weighted by Crippen LogP contribution is 2.25. The Kier molecular flexibility index (Phi) is 3.15. The summed E-state index contributed by atoms with van der Waals surface area (Å²) >= 11 is 0. The van der Waals surface area contributed by atoms with Crippen molar-refractivity contribution in [1.29, 1.82) is 5.26 Å². The summed E-state index contributed by atoms with van der Waals surface area (Å²) in [6.45, 7) is 0. The summed E-state index contributed by atoms with van der Waals surface area (Å²) in [6.07, 6.45) is 0. The first-order valence-corrected chi connectivity index (χ1v) is 3.98. The van der Waals surface area contributed by atoms with Gasteiger partial charge in [-0.25, -0.2) is 4.79 Å². The molecule has 0 N–H and O–H groups in total. The van der Waals surface area contributed by atoms with Crippen molar-refractivity contribution in [1.82, 2.24) is 0 Å². The summed E-state index contributed by atoms with van der Waals surface area (Å²) in [5.41, 5.74) is -2.05. The maximum absolute atomic E-state index is 13.5. The van der Waals surface area contributed by atoms with E-state index in [1.54, 1.807) is 0 Å². The largest absolute Gasteiger partial charge is 0.465 e. The Hall–Kier alpha value is -2.49. The number of methoxy groups -OCH3 is 1. The van der Waals surface area contributed by atoms with Crippen LogP contribution in [0, 0.1) is 27.3 Å². The summed E-state index contributed by atoms with van der Waals surface area (Å²) in [7, 11) is 1.02. The highest BCUT2D eigenvalue weighted by Gasteiger charge is 2.26. The minimum absolute atomic E-state index is 0.449. The highest BCUT2D eigenvalue weighted by molar-refractivity contribution is 5.90. The number of rotatable bonds is 2. The molecule has 0 fully saturated rings. The molecule has 1 aromatic rings. The van der Waals surface area contributed by atoms with Gasteiger partial charge in [0.15, 0.2) is 0 Å². The molecular formula is C9H5FN2O4. The lowest BCUT2D eigenvalue weighted by Gasteiger charge is -2.02.